The van der Waals surface area contributed by atoms with Crippen molar-refractivity contribution >= 4 is 17.8 Å². The predicted molar refractivity (Wildman–Crippen MR) is 63.5 cm³/mol. The van der Waals surface area contributed by atoms with Crippen LogP contribution in [-0.2, 0) is 22.2 Å². The molecule has 1 saturated heterocycles. The van der Waals surface area contributed by atoms with Gasteiger partial charge in [0.2, 0.25) is 11.8 Å². The van der Waals surface area contributed by atoms with E-state index in [1.165, 1.54) is 12.1 Å². The summed E-state index contributed by atoms with van der Waals surface area (Å²) in [6.07, 6.45) is -4.65. The van der Waals surface area contributed by atoms with Crippen LogP contribution in [0.5, 0.6) is 0 Å². The second-order valence-corrected chi connectivity index (χ2v) is 4.35. The molecular formula is C12H10F3N3O3. The molecule has 2 rings (SSSR count). The molecule has 1 fully saturated rings. The summed E-state index contributed by atoms with van der Waals surface area (Å²) in [6, 6.07) is 3.35. The molecule has 1 aromatic rings. The van der Waals surface area contributed by atoms with Gasteiger partial charge in [-0.2, -0.15) is 13.2 Å². The summed E-state index contributed by atoms with van der Waals surface area (Å²) in [5, 5.41) is 2.77. The quantitative estimate of drug-likeness (QED) is 0.812. The summed E-state index contributed by atoms with van der Waals surface area (Å²) in [5.74, 6) is -1.16. The van der Waals surface area contributed by atoms with E-state index in [0.29, 0.717) is 5.56 Å². The fourth-order valence-corrected chi connectivity index (χ4v) is 1.72. The summed E-state index contributed by atoms with van der Waals surface area (Å²) in [4.78, 5) is 33.7. The molecular weight excluding hydrogens is 291 g/mol. The molecule has 9 heteroatoms. The largest absolute Gasteiger partial charge is 0.416 e. The molecule has 4 amide bonds. The maximum Gasteiger partial charge on any atom is 0.416 e. The fraction of sp³-hybridized carbons (Fsp3) is 0.250. The Morgan fingerprint density at radius 3 is 2.33 bits per heavy atom. The summed E-state index contributed by atoms with van der Waals surface area (Å²) < 4.78 is 37.1. The first-order valence-electron chi connectivity index (χ1n) is 5.82. The van der Waals surface area contributed by atoms with Gasteiger partial charge in [-0.05, 0) is 17.7 Å². The summed E-state index contributed by atoms with van der Waals surface area (Å²) in [6.45, 7) is -0.294. The first kappa shape index (κ1) is 14.8. The van der Waals surface area contributed by atoms with Gasteiger partial charge in [-0.1, -0.05) is 12.1 Å². The number of carbonyl (C=O) groups excluding carboxylic acids is 3. The molecule has 6 nitrogen and oxygen atoms in total. The Bertz CT molecular complexity index is 584. The fourth-order valence-electron chi connectivity index (χ4n) is 1.72. The van der Waals surface area contributed by atoms with Crippen molar-refractivity contribution in [2.45, 2.75) is 12.6 Å². The van der Waals surface area contributed by atoms with Crippen LogP contribution in [-0.4, -0.2) is 29.4 Å². The number of urea groups is 1. The van der Waals surface area contributed by atoms with Crippen LogP contribution in [0.4, 0.5) is 18.0 Å². The van der Waals surface area contributed by atoms with E-state index >= 15 is 0 Å². The zero-order valence-electron chi connectivity index (χ0n) is 10.5. The zero-order chi connectivity index (χ0) is 15.6. The van der Waals surface area contributed by atoms with Crippen molar-refractivity contribution in [2.24, 2.45) is 0 Å². The van der Waals surface area contributed by atoms with Gasteiger partial charge in [-0.25, -0.2) is 9.80 Å². The maximum absolute atomic E-state index is 12.4. The zero-order valence-corrected chi connectivity index (χ0v) is 10.5. The van der Waals surface area contributed by atoms with Gasteiger partial charge < -0.3 is 0 Å². The number of imide groups is 1. The Morgan fingerprint density at radius 1 is 1.24 bits per heavy atom. The van der Waals surface area contributed by atoms with Gasteiger partial charge in [-0.3, -0.25) is 20.3 Å². The second kappa shape index (κ2) is 5.43. The second-order valence-electron chi connectivity index (χ2n) is 4.35. The summed E-state index contributed by atoms with van der Waals surface area (Å²) in [7, 11) is 0. The van der Waals surface area contributed by atoms with E-state index in [1.54, 1.807) is 0 Å². The summed E-state index contributed by atoms with van der Waals surface area (Å²) in [5.41, 5.74) is 1.74. The van der Waals surface area contributed by atoms with Crippen LogP contribution in [0, 0.1) is 0 Å². The van der Waals surface area contributed by atoms with E-state index in [4.69, 9.17) is 0 Å². The van der Waals surface area contributed by atoms with E-state index in [1.807, 2.05) is 5.32 Å². The number of halogens is 3. The number of rotatable bonds is 3. The van der Waals surface area contributed by atoms with Crippen LogP contribution in [0.25, 0.3) is 0 Å². The normalized spacial score (nSPS) is 15.1. The van der Waals surface area contributed by atoms with Crippen molar-refractivity contribution in [3.05, 3.63) is 35.4 Å². The predicted octanol–water partition coefficient (Wildman–Crippen LogP) is 0.831. The average molecular weight is 301 g/mol. The van der Waals surface area contributed by atoms with E-state index in [0.717, 1.165) is 17.1 Å². The molecule has 1 aliphatic rings. The van der Waals surface area contributed by atoms with Crippen LogP contribution in [0.2, 0.25) is 0 Å². The first-order valence-corrected chi connectivity index (χ1v) is 5.82. The molecule has 21 heavy (non-hydrogen) atoms. The highest BCUT2D eigenvalue weighted by Gasteiger charge is 2.30. The van der Waals surface area contributed by atoms with Gasteiger partial charge in [0.25, 0.3) is 0 Å². The average Bonchev–Trinajstić information content (AvgIpc) is 2.67. The molecule has 112 valence electrons. The number of alkyl halides is 3. The third-order valence-electron chi connectivity index (χ3n) is 2.70. The summed E-state index contributed by atoms with van der Waals surface area (Å²) >= 11 is 0. The molecule has 0 atom stereocenters. The van der Waals surface area contributed by atoms with E-state index < -0.39 is 29.6 Å². The van der Waals surface area contributed by atoms with E-state index in [2.05, 4.69) is 5.43 Å². The number of hydrazine groups is 1. The molecule has 1 aromatic carbocycles. The molecule has 0 saturated carbocycles. The minimum atomic E-state index is -4.44. The highest BCUT2D eigenvalue weighted by Crippen LogP contribution is 2.29. The maximum atomic E-state index is 12.4. The Hall–Kier alpha value is -2.58. The van der Waals surface area contributed by atoms with Gasteiger partial charge >= 0.3 is 12.2 Å². The lowest BCUT2D eigenvalue weighted by Crippen LogP contribution is -2.44. The third kappa shape index (κ3) is 3.71. The number of benzene rings is 1. The molecule has 0 aromatic heterocycles. The van der Waals surface area contributed by atoms with E-state index in [9.17, 15) is 27.6 Å². The van der Waals surface area contributed by atoms with Crippen molar-refractivity contribution in [2.75, 3.05) is 6.54 Å². The van der Waals surface area contributed by atoms with Crippen LogP contribution >= 0.6 is 0 Å². The van der Waals surface area contributed by atoms with Gasteiger partial charge in [0.05, 0.1) is 12.0 Å². The van der Waals surface area contributed by atoms with Crippen molar-refractivity contribution in [1.29, 1.82) is 0 Å². The van der Waals surface area contributed by atoms with Crippen molar-refractivity contribution in [3.8, 4) is 0 Å². The Kier molecular flexibility index (Phi) is 3.83. The molecule has 0 aliphatic carbocycles. The van der Waals surface area contributed by atoms with Gasteiger partial charge in [0.1, 0.15) is 6.54 Å². The Morgan fingerprint density at radius 2 is 1.86 bits per heavy atom. The lowest BCUT2D eigenvalue weighted by Gasteiger charge is -2.14. The standard InChI is InChI=1S/C12H10F3N3O3/c13-12(14,15)8-3-1-7(2-4-8)5-9(19)17-18-6-10(20)16-11(18)21/h1-4H,5-6H2,(H,17,19)(H,16,20,21). The number of nitrogens with one attached hydrogen (secondary N) is 2. The van der Waals surface area contributed by atoms with Crippen molar-refractivity contribution in [3.63, 3.8) is 0 Å². The van der Waals surface area contributed by atoms with Crippen molar-refractivity contribution in [1.82, 2.24) is 15.8 Å². The van der Waals surface area contributed by atoms with Crippen molar-refractivity contribution < 1.29 is 27.6 Å². The molecule has 1 aliphatic heterocycles. The molecule has 1 heterocycles. The number of hydrogen-bond donors (Lipinski definition) is 2. The van der Waals surface area contributed by atoms with E-state index in [-0.39, 0.29) is 13.0 Å². The molecule has 0 unspecified atom stereocenters. The molecule has 0 bridgehead atoms. The van der Waals surface area contributed by atoms with Crippen LogP contribution in [0.1, 0.15) is 11.1 Å². The first-order chi connectivity index (χ1) is 9.75. The smallest absolute Gasteiger partial charge is 0.275 e. The number of nitrogens with zero attached hydrogens (tertiary/aromatic N) is 1. The highest BCUT2D eigenvalue weighted by molar-refractivity contribution is 6.02. The lowest BCUT2D eigenvalue weighted by molar-refractivity contribution is -0.137. The van der Waals surface area contributed by atoms with Crippen LogP contribution in [0.3, 0.4) is 0 Å². The molecule has 0 spiro atoms. The topological polar surface area (TPSA) is 78.5 Å². The Labute approximate surface area is 116 Å². The van der Waals surface area contributed by atoms with Gasteiger partial charge in [0, 0.05) is 0 Å². The Balaban J connectivity index is 1.94. The third-order valence-corrected chi connectivity index (χ3v) is 2.70. The minimum absolute atomic E-state index is 0.212. The van der Waals surface area contributed by atoms with Gasteiger partial charge in [0.15, 0.2) is 0 Å². The van der Waals surface area contributed by atoms with Crippen LogP contribution < -0.4 is 10.7 Å². The number of carbonyl (C=O) groups is 3. The van der Waals surface area contributed by atoms with Crippen LogP contribution in [0.15, 0.2) is 24.3 Å². The number of hydrogen-bond acceptors (Lipinski definition) is 3. The lowest BCUT2D eigenvalue weighted by atomic mass is 10.1. The SMILES string of the molecule is O=C1CN(NC(=O)Cc2ccc(C(F)(F)F)cc2)C(=O)N1. The molecule has 0 radical (unpaired) electrons. The van der Waals surface area contributed by atoms with Gasteiger partial charge in [-0.15, -0.1) is 0 Å². The number of amides is 4. The highest BCUT2D eigenvalue weighted by atomic mass is 19.4. The molecule has 2 N–H and O–H groups in total. The minimum Gasteiger partial charge on any atom is -0.275 e. The monoisotopic (exact) mass is 301 g/mol.